The second kappa shape index (κ2) is 5.27. The molecular formula is C9H13N3O. The molecule has 0 aliphatic rings. The summed E-state index contributed by atoms with van der Waals surface area (Å²) in [4.78, 5) is 14.3. The summed E-state index contributed by atoms with van der Waals surface area (Å²) >= 11 is 0. The molecule has 1 aromatic heterocycles. The Kier molecular flexibility index (Phi) is 3.92. The van der Waals surface area contributed by atoms with Gasteiger partial charge in [-0.1, -0.05) is 6.07 Å². The summed E-state index contributed by atoms with van der Waals surface area (Å²) in [6.45, 7) is 1.34. The maximum absolute atomic E-state index is 10.4. The van der Waals surface area contributed by atoms with Gasteiger partial charge >= 0.3 is 0 Å². The smallest absolute Gasteiger partial charge is 0.218 e. The Morgan fingerprint density at radius 1 is 1.62 bits per heavy atom. The standard InChI is InChI=1S/C9H13N3O/c10-9(13)3-5-12-7-8-2-1-4-11-6-8/h1-2,4,6,12H,3,5,7H2,(H2,10,13). The minimum absolute atomic E-state index is 0.279. The molecule has 0 aliphatic heterocycles. The van der Waals surface area contributed by atoms with Crippen molar-refractivity contribution in [2.75, 3.05) is 6.54 Å². The second-order valence-electron chi connectivity index (χ2n) is 2.75. The van der Waals surface area contributed by atoms with Crippen molar-refractivity contribution in [1.29, 1.82) is 0 Å². The van der Waals surface area contributed by atoms with Crippen molar-refractivity contribution in [3.05, 3.63) is 30.1 Å². The molecule has 1 heterocycles. The first kappa shape index (κ1) is 9.67. The number of rotatable bonds is 5. The lowest BCUT2D eigenvalue weighted by atomic mass is 10.3. The van der Waals surface area contributed by atoms with Crippen molar-refractivity contribution in [3.63, 3.8) is 0 Å². The molecule has 0 aliphatic carbocycles. The molecule has 4 heteroatoms. The van der Waals surface area contributed by atoms with Gasteiger partial charge in [0.25, 0.3) is 0 Å². The van der Waals surface area contributed by atoms with Gasteiger partial charge in [-0.2, -0.15) is 0 Å². The van der Waals surface area contributed by atoms with Gasteiger partial charge in [0.1, 0.15) is 0 Å². The number of primary amides is 1. The lowest BCUT2D eigenvalue weighted by molar-refractivity contribution is -0.117. The fourth-order valence-electron chi connectivity index (χ4n) is 0.947. The molecular weight excluding hydrogens is 166 g/mol. The van der Waals surface area contributed by atoms with Crippen LogP contribution in [0.4, 0.5) is 0 Å². The minimum Gasteiger partial charge on any atom is -0.370 e. The van der Waals surface area contributed by atoms with Crippen LogP contribution >= 0.6 is 0 Å². The fourth-order valence-corrected chi connectivity index (χ4v) is 0.947. The summed E-state index contributed by atoms with van der Waals surface area (Å²) in [5.74, 6) is -0.279. The number of carbonyl (C=O) groups excluding carboxylic acids is 1. The molecule has 1 aromatic rings. The first-order valence-corrected chi connectivity index (χ1v) is 4.17. The maximum atomic E-state index is 10.4. The predicted octanol–water partition coefficient (Wildman–Crippen LogP) is 0.0466. The van der Waals surface area contributed by atoms with Gasteiger partial charge in [0, 0.05) is 31.9 Å². The molecule has 0 spiro atoms. The van der Waals surface area contributed by atoms with Crippen LogP contribution in [0, 0.1) is 0 Å². The zero-order valence-corrected chi connectivity index (χ0v) is 7.36. The summed E-state index contributed by atoms with van der Waals surface area (Å²) in [6.07, 6.45) is 3.89. The third-order valence-electron chi connectivity index (χ3n) is 1.60. The quantitative estimate of drug-likeness (QED) is 0.627. The monoisotopic (exact) mass is 179 g/mol. The fraction of sp³-hybridized carbons (Fsp3) is 0.333. The SMILES string of the molecule is NC(=O)CCNCc1cccnc1. The summed E-state index contributed by atoms with van der Waals surface area (Å²) < 4.78 is 0. The Balaban J connectivity index is 2.17. The third kappa shape index (κ3) is 4.22. The molecule has 13 heavy (non-hydrogen) atoms. The predicted molar refractivity (Wildman–Crippen MR) is 49.8 cm³/mol. The van der Waals surface area contributed by atoms with E-state index in [9.17, 15) is 4.79 Å². The summed E-state index contributed by atoms with van der Waals surface area (Å²) in [5.41, 5.74) is 6.08. The van der Waals surface area contributed by atoms with Crippen LogP contribution in [0.2, 0.25) is 0 Å². The molecule has 0 unspecified atom stereocenters. The number of nitrogens with zero attached hydrogens (tertiary/aromatic N) is 1. The van der Waals surface area contributed by atoms with Crippen LogP contribution in [0.1, 0.15) is 12.0 Å². The Bertz CT molecular complexity index is 261. The van der Waals surface area contributed by atoms with Crippen molar-refractivity contribution in [2.45, 2.75) is 13.0 Å². The molecule has 3 N–H and O–H groups in total. The van der Waals surface area contributed by atoms with Gasteiger partial charge in [-0.25, -0.2) is 0 Å². The van der Waals surface area contributed by atoms with Crippen molar-refractivity contribution in [3.8, 4) is 0 Å². The Morgan fingerprint density at radius 3 is 3.08 bits per heavy atom. The zero-order valence-electron chi connectivity index (χ0n) is 7.36. The van der Waals surface area contributed by atoms with E-state index in [4.69, 9.17) is 5.73 Å². The van der Waals surface area contributed by atoms with Gasteiger partial charge in [-0.3, -0.25) is 9.78 Å². The first-order chi connectivity index (χ1) is 6.29. The zero-order chi connectivity index (χ0) is 9.52. The third-order valence-corrected chi connectivity index (χ3v) is 1.60. The van der Waals surface area contributed by atoms with Crippen LogP contribution in [0.5, 0.6) is 0 Å². The van der Waals surface area contributed by atoms with E-state index in [0.717, 1.165) is 12.1 Å². The summed E-state index contributed by atoms with van der Waals surface area (Å²) in [5, 5.41) is 3.09. The van der Waals surface area contributed by atoms with E-state index < -0.39 is 0 Å². The second-order valence-corrected chi connectivity index (χ2v) is 2.75. The lowest BCUT2D eigenvalue weighted by Gasteiger charge is -2.01. The Morgan fingerprint density at radius 2 is 2.46 bits per heavy atom. The van der Waals surface area contributed by atoms with E-state index in [2.05, 4.69) is 10.3 Å². The normalized spacial score (nSPS) is 9.85. The summed E-state index contributed by atoms with van der Waals surface area (Å²) in [6, 6.07) is 3.86. The highest BCUT2D eigenvalue weighted by Crippen LogP contribution is 1.93. The number of carbonyl (C=O) groups is 1. The van der Waals surface area contributed by atoms with E-state index in [-0.39, 0.29) is 5.91 Å². The van der Waals surface area contributed by atoms with Crippen LogP contribution in [0.15, 0.2) is 24.5 Å². The summed E-state index contributed by atoms with van der Waals surface area (Å²) in [7, 11) is 0. The number of aromatic nitrogens is 1. The van der Waals surface area contributed by atoms with Crippen molar-refractivity contribution < 1.29 is 4.79 Å². The van der Waals surface area contributed by atoms with Crippen LogP contribution in [-0.4, -0.2) is 17.4 Å². The van der Waals surface area contributed by atoms with Gasteiger partial charge in [0.05, 0.1) is 0 Å². The van der Waals surface area contributed by atoms with Gasteiger partial charge in [-0.05, 0) is 11.6 Å². The number of hydrogen-bond acceptors (Lipinski definition) is 3. The molecule has 1 rings (SSSR count). The van der Waals surface area contributed by atoms with Gasteiger partial charge in [0.15, 0.2) is 0 Å². The molecule has 0 fully saturated rings. The van der Waals surface area contributed by atoms with E-state index >= 15 is 0 Å². The molecule has 0 radical (unpaired) electrons. The molecule has 1 amide bonds. The van der Waals surface area contributed by atoms with Crippen LogP contribution in [0.3, 0.4) is 0 Å². The number of nitrogens with two attached hydrogens (primary N) is 1. The molecule has 0 saturated heterocycles. The van der Waals surface area contributed by atoms with E-state index in [1.165, 1.54) is 0 Å². The van der Waals surface area contributed by atoms with Gasteiger partial charge in [-0.15, -0.1) is 0 Å². The number of nitrogens with one attached hydrogen (secondary N) is 1. The van der Waals surface area contributed by atoms with Crippen molar-refractivity contribution >= 4 is 5.91 Å². The van der Waals surface area contributed by atoms with Crippen molar-refractivity contribution in [1.82, 2.24) is 10.3 Å². The van der Waals surface area contributed by atoms with Gasteiger partial charge < -0.3 is 11.1 Å². The molecule has 0 saturated carbocycles. The number of pyridine rings is 1. The van der Waals surface area contributed by atoms with Crippen LogP contribution in [-0.2, 0) is 11.3 Å². The van der Waals surface area contributed by atoms with E-state index in [0.29, 0.717) is 13.0 Å². The molecule has 4 nitrogen and oxygen atoms in total. The number of hydrogen-bond donors (Lipinski definition) is 2. The topological polar surface area (TPSA) is 68.0 Å². The molecule has 0 aromatic carbocycles. The number of amides is 1. The molecule has 0 bridgehead atoms. The highest BCUT2D eigenvalue weighted by atomic mass is 16.1. The van der Waals surface area contributed by atoms with Crippen molar-refractivity contribution in [2.24, 2.45) is 5.73 Å². The van der Waals surface area contributed by atoms with Crippen LogP contribution < -0.4 is 11.1 Å². The Hall–Kier alpha value is -1.42. The first-order valence-electron chi connectivity index (χ1n) is 4.17. The Labute approximate surface area is 77.2 Å². The largest absolute Gasteiger partial charge is 0.370 e. The van der Waals surface area contributed by atoms with Gasteiger partial charge in [0.2, 0.25) is 5.91 Å². The highest BCUT2D eigenvalue weighted by Gasteiger charge is 1.94. The average Bonchev–Trinajstić information content (AvgIpc) is 2.14. The van der Waals surface area contributed by atoms with E-state index in [1.54, 1.807) is 12.4 Å². The minimum atomic E-state index is -0.279. The molecule has 0 atom stereocenters. The average molecular weight is 179 g/mol. The highest BCUT2D eigenvalue weighted by molar-refractivity contribution is 5.73. The van der Waals surface area contributed by atoms with E-state index in [1.807, 2.05) is 12.1 Å². The molecule has 70 valence electrons. The maximum Gasteiger partial charge on any atom is 0.218 e. The lowest BCUT2D eigenvalue weighted by Crippen LogP contribution is -2.21. The van der Waals surface area contributed by atoms with Crippen LogP contribution in [0.25, 0.3) is 0 Å².